The van der Waals surface area contributed by atoms with Crippen molar-refractivity contribution in [3.05, 3.63) is 70.8 Å². The Labute approximate surface area is 194 Å². The van der Waals surface area contributed by atoms with Crippen molar-refractivity contribution in [2.75, 3.05) is 0 Å². The Morgan fingerprint density at radius 2 is 1.03 bits per heavy atom. The van der Waals surface area contributed by atoms with Crippen molar-refractivity contribution < 1.29 is 19.8 Å². The van der Waals surface area contributed by atoms with E-state index in [1.165, 1.54) is 0 Å². The molecule has 0 heterocycles. The molecule has 4 nitrogen and oxygen atoms in total. The van der Waals surface area contributed by atoms with Crippen LogP contribution in [0, 0.1) is 0 Å². The Morgan fingerprint density at radius 1 is 0.724 bits per heavy atom. The monoisotopic (exact) mass is 590 g/mol. The molecule has 0 fully saturated rings. The fourth-order valence-electron chi connectivity index (χ4n) is 3.40. The van der Waals surface area contributed by atoms with Gasteiger partial charge in [-0.05, 0) is 35.8 Å². The van der Waals surface area contributed by atoms with Crippen LogP contribution in [0.5, 0.6) is 0 Å². The van der Waals surface area contributed by atoms with E-state index in [2.05, 4.69) is 13.8 Å². The van der Waals surface area contributed by atoms with Gasteiger partial charge in [-0.1, -0.05) is 89.1 Å². The van der Waals surface area contributed by atoms with E-state index in [4.69, 9.17) is 0 Å². The predicted molar refractivity (Wildman–Crippen MR) is 114 cm³/mol. The van der Waals surface area contributed by atoms with Crippen molar-refractivity contribution in [3.63, 3.8) is 0 Å². The molecule has 0 spiro atoms. The molecule has 2 rings (SSSR count). The Hall–Kier alpha value is -1.70. The van der Waals surface area contributed by atoms with Gasteiger partial charge in [0.25, 0.3) is 0 Å². The van der Waals surface area contributed by atoms with Gasteiger partial charge in [-0.3, -0.25) is 0 Å². The average molecular weight is 590 g/mol. The molecule has 2 atom stereocenters. The molecule has 154 valence electrons. The minimum absolute atomic E-state index is 0. The standard InChI is InChI=1S/2C12H16O2.Pb/c2*1-3-6-9(2)10-7-4-5-8-11(10)12(13)14;/h2*4-5,7-9H,3,6H2,1-2H3,(H,13,14);/q;;+2/p-2. The molecule has 2 aromatic rings. The normalized spacial score (nSPS) is 12.0. The van der Waals surface area contributed by atoms with Gasteiger partial charge >= 0.3 is 27.3 Å². The van der Waals surface area contributed by atoms with Gasteiger partial charge in [0.2, 0.25) is 0 Å². The van der Waals surface area contributed by atoms with Gasteiger partial charge in [-0.25, -0.2) is 0 Å². The number of hydrogen-bond acceptors (Lipinski definition) is 4. The number of carbonyl (C=O) groups is 2. The van der Waals surface area contributed by atoms with E-state index in [9.17, 15) is 19.8 Å². The first-order valence-corrected chi connectivity index (χ1v) is 9.93. The molecule has 5 heteroatoms. The molecule has 0 bridgehead atoms. The maximum atomic E-state index is 10.8. The minimum atomic E-state index is -1.08. The van der Waals surface area contributed by atoms with E-state index in [-0.39, 0.29) is 39.1 Å². The molecule has 0 saturated carbocycles. The topological polar surface area (TPSA) is 80.3 Å². The van der Waals surface area contributed by atoms with Crippen LogP contribution < -0.4 is 10.2 Å². The summed E-state index contributed by atoms with van der Waals surface area (Å²) in [5.41, 5.74) is 2.42. The molecule has 0 aliphatic heterocycles. The zero-order valence-corrected chi connectivity index (χ0v) is 21.6. The second kappa shape index (κ2) is 14.3. The van der Waals surface area contributed by atoms with Gasteiger partial charge in [0, 0.05) is 11.1 Å². The van der Waals surface area contributed by atoms with Crippen molar-refractivity contribution in [3.8, 4) is 0 Å². The van der Waals surface area contributed by atoms with Crippen LogP contribution in [0.1, 0.15) is 97.1 Å². The molecule has 0 aliphatic rings. The number of aromatic carboxylic acids is 2. The molecular weight excluding hydrogens is 559 g/mol. The van der Waals surface area contributed by atoms with Crippen molar-refractivity contribution >= 4 is 39.2 Å². The third kappa shape index (κ3) is 8.68. The van der Waals surface area contributed by atoms with Gasteiger partial charge in [0.05, 0.1) is 11.9 Å². The summed E-state index contributed by atoms with van der Waals surface area (Å²) >= 11 is 0. The summed E-state index contributed by atoms with van der Waals surface area (Å²) in [6.07, 6.45) is 4.12. The van der Waals surface area contributed by atoms with Crippen LogP contribution in [0.3, 0.4) is 0 Å². The van der Waals surface area contributed by atoms with Crippen molar-refractivity contribution in [1.29, 1.82) is 0 Å². The predicted octanol–water partition coefficient (Wildman–Crippen LogP) is 3.53. The van der Waals surface area contributed by atoms with E-state index in [0.717, 1.165) is 36.8 Å². The zero-order valence-electron chi connectivity index (χ0n) is 17.7. The molecule has 0 aliphatic carbocycles. The smallest absolute Gasteiger partial charge is 0.545 e. The summed E-state index contributed by atoms with van der Waals surface area (Å²) in [5, 5.41) is 21.6. The number of hydrogen-bond donors (Lipinski definition) is 0. The van der Waals surface area contributed by atoms with Gasteiger partial charge in [-0.2, -0.15) is 0 Å². The first kappa shape index (κ1) is 27.3. The third-order valence-corrected chi connectivity index (χ3v) is 4.87. The summed E-state index contributed by atoms with van der Waals surface area (Å²) in [5.74, 6) is -1.59. The first-order chi connectivity index (χ1) is 13.3. The van der Waals surface area contributed by atoms with Gasteiger partial charge in [0.1, 0.15) is 0 Å². The van der Waals surface area contributed by atoms with Crippen molar-refractivity contribution in [2.45, 2.75) is 65.2 Å². The molecule has 2 radical (unpaired) electrons. The average Bonchev–Trinajstić information content (AvgIpc) is 2.68. The zero-order chi connectivity index (χ0) is 21.1. The Morgan fingerprint density at radius 3 is 1.31 bits per heavy atom. The summed E-state index contributed by atoms with van der Waals surface area (Å²) in [6, 6.07) is 14.1. The number of benzene rings is 2. The van der Waals surface area contributed by atoms with E-state index in [1.54, 1.807) is 24.3 Å². The molecule has 0 amide bonds. The molecule has 0 saturated heterocycles. The van der Waals surface area contributed by atoms with Crippen LogP contribution in [0.15, 0.2) is 48.5 Å². The fraction of sp³-hybridized carbons (Fsp3) is 0.417. The maximum absolute atomic E-state index is 10.8. The van der Waals surface area contributed by atoms with Crippen LogP contribution in [0.4, 0.5) is 0 Å². The maximum Gasteiger partial charge on any atom is 2.00 e. The second-order valence-corrected chi connectivity index (χ2v) is 7.13. The van der Waals surface area contributed by atoms with E-state index < -0.39 is 11.9 Å². The second-order valence-electron chi connectivity index (χ2n) is 7.13. The van der Waals surface area contributed by atoms with Crippen LogP contribution in [-0.4, -0.2) is 39.2 Å². The van der Waals surface area contributed by atoms with Crippen LogP contribution >= 0.6 is 0 Å². The van der Waals surface area contributed by atoms with Crippen molar-refractivity contribution in [2.24, 2.45) is 0 Å². The van der Waals surface area contributed by atoms with E-state index in [1.807, 2.05) is 38.1 Å². The van der Waals surface area contributed by atoms with Crippen molar-refractivity contribution in [1.82, 2.24) is 0 Å². The van der Waals surface area contributed by atoms with Gasteiger partial charge < -0.3 is 19.8 Å². The Bertz CT molecular complexity index is 707. The third-order valence-electron chi connectivity index (χ3n) is 4.87. The largest absolute Gasteiger partial charge is 2.00 e. The molecule has 29 heavy (non-hydrogen) atoms. The van der Waals surface area contributed by atoms with Crippen LogP contribution in [0.25, 0.3) is 0 Å². The summed E-state index contributed by atoms with van der Waals surface area (Å²) in [7, 11) is 0. The van der Waals surface area contributed by atoms with Gasteiger partial charge in [-0.15, -0.1) is 0 Å². The number of carbonyl (C=O) groups excluding carboxylic acids is 2. The number of carboxylic acids is 2. The Kier molecular flexibility index (Phi) is 13.5. The molecule has 2 aromatic carbocycles. The Balaban J connectivity index is 0.000000523. The number of rotatable bonds is 8. The number of carboxylic acid groups (broad SMARTS) is 2. The van der Waals surface area contributed by atoms with Crippen LogP contribution in [0.2, 0.25) is 0 Å². The van der Waals surface area contributed by atoms with E-state index in [0.29, 0.717) is 11.1 Å². The molecule has 2 unspecified atom stereocenters. The molecule has 0 aromatic heterocycles. The SMILES string of the molecule is CCCC(C)c1ccccc1C(=O)[O-].CCCC(C)c1ccccc1C(=O)[O-].[Pb+2]. The quantitative estimate of drug-likeness (QED) is 0.442. The van der Waals surface area contributed by atoms with Gasteiger partial charge in [0.15, 0.2) is 0 Å². The minimum Gasteiger partial charge on any atom is -0.545 e. The summed E-state index contributed by atoms with van der Waals surface area (Å²) in [6.45, 7) is 8.28. The fourth-order valence-corrected chi connectivity index (χ4v) is 3.40. The summed E-state index contributed by atoms with van der Waals surface area (Å²) in [4.78, 5) is 21.6. The summed E-state index contributed by atoms with van der Waals surface area (Å²) < 4.78 is 0. The molecular formula is C24H30O4Pb. The van der Waals surface area contributed by atoms with E-state index >= 15 is 0 Å². The molecule has 0 N–H and O–H groups in total. The first-order valence-electron chi connectivity index (χ1n) is 9.93. The van der Waals surface area contributed by atoms with Crippen LogP contribution in [-0.2, 0) is 0 Å².